The molecular weight excluding hydrogens is 396 g/mol. The Kier molecular flexibility index (Phi) is 8.27. The van der Waals surface area contributed by atoms with Crippen molar-refractivity contribution < 1.29 is 0 Å². The number of aryl methyl sites for hydroxylation is 1. The maximum Gasteiger partial charge on any atom is 0.191 e. The lowest BCUT2D eigenvalue weighted by Crippen LogP contribution is -2.40. The van der Waals surface area contributed by atoms with Crippen molar-refractivity contribution in [2.45, 2.75) is 39.3 Å². The molecule has 0 amide bonds. The molecule has 0 radical (unpaired) electrons. The fourth-order valence-electron chi connectivity index (χ4n) is 3.24. The number of halogens is 1. The van der Waals surface area contributed by atoms with Gasteiger partial charge in [-0.05, 0) is 30.5 Å². The van der Waals surface area contributed by atoms with Gasteiger partial charge >= 0.3 is 0 Å². The Labute approximate surface area is 183 Å². The molecule has 2 aromatic carbocycles. The largest absolute Gasteiger partial charge is 0.355 e. The third kappa shape index (κ3) is 6.32. The molecule has 0 aliphatic heterocycles. The van der Waals surface area contributed by atoms with E-state index in [4.69, 9.17) is 16.6 Å². The lowest BCUT2D eigenvalue weighted by atomic mass is 10.1. The van der Waals surface area contributed by atoms with Gasteiger partial charge in [0.15, 0.2) is 5.96 Å². The van der Waals surface area contributed by atoms with Gasteiger partial charge in [0, 0.05) is 31.1 Å². The summed E-state index contributed by atoms with van der Waals surface area (Å²) in [6.07, 6.45) is 3.52. The van der Waals surface area contributed by atoms with E-state index in [0.717, 1.165) is 48.3 Å². The number of hydrogen-bond acceptors (Lipinski definition) is 3. The van der Waals surface area contributed by atoms with Crippen molar-refractivity contribution in [1.29, 1.82) is 0 Å². The fraction of sp³-hybridized carbons (Fsp3) is 0.348. The van der Waals surface area contributed by atoms with Gasteiger partial charge in [0.05, 0.1) is 6.04 Å². The molecule has 158 valence electrons. The highest BCUT2D eigenvalue weighted by molar-refractivity contribution is 6.31. The highest BCUT2D eigenvalue weighted by Gasteiger charge is 2.11. The van der Waals surface area contributed by atoms with Gasteiger partial charge in [0.1, 0.15) is 12.2 Å². The van der Waals surface area contributed by atoms with Crippen LogP contribution in [0.25, 0.3) is 0 Å². The normalized spacial score (nSPS) is 12.6. The second kappa shape index (κ2) is 11.4. The number of aliphatic imine (C=N–C) groups is 1. The monoisotopic (exact) mass is 424 g/mol. The molecule has 0 bridgehead atoms. The van der Waals surface area contributed by atoms with Crippen LogP contribution in [0.1, 0.15) is 36.8 Å². The Balaban J connectivity index is 1.64. The smallest absolute Gasteiger partial charge is 0.191 e. The zero-order chi connectivity index (χ0) is 21.2. The van der Waals surface area contributed by atoms with E-state index in [1.165, 1.54) is 5.56 Å². The summed E-state index contributed by atoms with van der Waals surface area (Å²) in [6, 6.07) is 18.3. The minimum Gasteiger partial charge on any atom is -0.355 e. The Morgan fingerprint density at radius 2 is 1.90 bits per heavy atom. The summed E-state index contributed by atoms with van der Waals surface area (Å²) in [6.45, 7) is 6.36. The Hall–Kier alpha value is -2.86. The molecule has 30 heavy (non-hydrogen) atoms. The zero-order valence-electron chi connectivity index (χ0n) is 17.6. The summed E-state index contributed by atoms with van der Waals surface area (Å²) in [7, 11) is 0. The van der Waals surface area contributed by atoms with E-state index in [9.17, 15) is 0 Å². The molecular formula is C23H29ClN6. The Morgan fingerprint density at radius 1 is 1.13 bits per heavy atom. The average Bonchev–Trinajstić information content (AvgIpc) is 3.22. The van der Waals surface area contributed by atoms with Crippen LogP contribution in [0, 0.1) is 0 Å². The number of nitrogens with one attached hydrogen (secondary N) is 2. The third-order valence-electron chi connectivity index (χ3n) is 4.90. The topological polar surface area (TPSA) is 67.1 Å². The number of benzene rings is 2. The molecule has 0 aliphatic rings. The summed E-state index contributed by atoms with van der Waals surface area (Å²) in [5.41, 5.74) is 2.32. The zero-order valence-corrected chi connectivity index (χ0v) is 18.3. The van der Waals surface area contributed by atoms with Crippen LogP contribution in [-0.2, 0) is 19.4 Å². The molecule has 2 N–H and O–H groups in total. The fourth-order valence-corrected chi connectivity index (χ4v) is 3.54. The molecule has 7 heteroatoms. The maximum absolute atomic E-state index is 6.37. The van der Waals surface area contributed by atoms with Gasteiger partial charge in [-0.15, -0.1) is 10.2 Å². The standard InChI is InChI=1S/C23H29ClN6/c1-3-22-29-27-17-30(22)16-15-26-23(25-14-13-19-9-5-4-6-10-19)28-18(2)20-11-7-8-12-21(20)24/h4-12,17-18H,3,13-16H2,1-2H3,(H2,25,26,28). The molecule has 3 rings (SSSR count). The van der Waals surface area contributed by atoms with Crippen molar-refractivity contribution >= 4 is 17.6 Å². The van der Waals surface area contributed by atoms with E-state index < -0.39 is 0 Å². The third-order valence-corrected chi connectivity index (χ3v) is 5.24. The van der Waals surface area contributed by atoms with Crippen LogP contribution in [0.2, 0.25) is 5.02 Å². The van der Waals surface area contributed by atoms with E-state index in [1.807, 2.05) is 30.3 Å². The van der Waals surface area contributed by atoms with Crippen LogP contribution in [0.5, 0.6) is 0 Å². The molecule has 0 spiro atoms. The van der Waals surface area contributed by atoms with Crippen LogP contribution < -0.4 is 10.6 Å². The number of nitrogens with zero attached hydrogens (tertiary/aromatic N) is 4. The van der Waals surface area contributed by atoms with Gasteiger partial charge in [-0.2, -0.15) is 0 Å². The van der Waals surface area contributed by atoms with E-state index in [-0.39, 0.29) is 6.04 Å². The summed E-state index contributed by atoms with van der Waals surface area (Å²) in [5.74, 6) is 1.75. The summed E-state index contributed by atoms with van der Waals surface area (Å²) >= 11 is 6.37. The van der Waals surface area contributed by atoms with Crippen LogP contribution in [0.3, 0.4) is 0 Å². The number of guanidine groups is 1. The molecule has 6 nitrogen and oxygen atoms in total. The molecule has 1 unspecified atom stereocenters. The summed E-state index contributed by atoms with van der Waals surface area (Å²) in [4.78, 5) is 4.79. The molecule has 3 aromatic rings. The van der Waals surface area contributed by atoms with Crippen molar-refractivity contribution in [3.05, 3.63) is 82.9 Å². The highest BCUT2D eigenvalue weighted by Crippen LogP contribution is 2.21. The van der Waals surface area contributed by atoms with Gasteiger partial charge in [-0.3, -0.25) is 4.99 Å². The lowest BCUT2D eigenvalue weighted by molar-refractivity contribution is 0.619. The quantitative estimate of drug-likeness (QED) is 0.402. The number of rotatable bonds is 9. The molecule has 0 aliphatic carbocycles. The van der Waals surface area contributed by atoms with Gasteiger partial charge < -0.3 is 15.2 Å². The van der Waals surface area contributed by atoms with Crippen molar-refractivity contribution in [3.63, 3.8) is 0 Å². The minimum absolute atomic E-state index is 0.0304. The molecule has 0 saturated carbocycles. The van der Waals surface area contributed by atoms with Crippen molar-refractivity contribution in [3.8, 4) is 0 Å². The van der Waals surface area contributed by atoms with E-state index in [2.05, 4.69) is 63.5 Å². The van der Waals surface area contributed by atoms with Crippen molar-refractivity contribution in [2.24, 2.45) is 4.99 Å². The van der Waals surface area contributed by atoms with Crippen LogP contribution >= 0.6 is 11.6 Å². The number of aromatic nitrogens is 3. The Morgan fingerprint density at radius 3 is 2.67 bits per heavy atom. The van der Waals surface area contributed by atoms with E-state index in [1.54, 1.807) is 6.33 Å². The van der Waals surface area contributed by atoms with E-state index >= 15 is 0 Å². The van der Waals surface area contributed by atoms with Gasteiger partial charge in [-0.1, -0.05) is 67.1 Å². The van der Waals surface area contributed by atoms with E-state index in [0.29, 0.717) is 6.54 Å². The summed E-state index contributed by atoms with van der Waals surface area (Å²) in [5, 5.41) is 15.8. The molecule has 0 fully saturated rings. The van der Waals surface area contributed by atoms with Crippen molar-refractivity contribution in [1.82, 2.24) is 25.4 Å². The first-order chi connectivity index (χ1) is 14.7. The molecule has 1 aromatic heterocycles. The maximum atomic E-state index is 6.37. The highest BCUT2D eigenvalue weighted by atomic mass is 35.5. The van der Waals surface area contributed by atoms with Gasteiger partial charge in [0.25, 0.3) is 0 Å². The second-order valence-electron chi connectivity index (χ2n) is 7.07. The molecule has 0 saturated heterocycles. The second-order valence-corrected chi connectivity index (χ2v) is 7.48. The van der Waals surface area contributed by atoms with Crippen LogP contribution in [0.4, 0.5) is 0 Å². The van der Waals surface area contributed by atoms with Gasteiger partial charge in [-0.25, -0.2) is 0 Å². The predicted molar refractivity (Wildman–Crippen MR) is 123 cm³/mol. The van der Waals surface area contributed by atoms with Crippen LogP contribution in [0.15, 0.2) is 65.9 Å². The lowest BCUT2D eigenvalue weighted by Gasteiger charge is -2.20. The first-order valence-corrected chi connectivity index (χ1v) is 10.7. The first kappa shape index (κ1) is 21.8. The molecule has 1 atom stereocenters. The van der Waals surface area contributed by atoms with Crippen molar-refractivity contribution in [2.75, 3.05) is 13.1 Å². The molecule has 1 heterocycles. The van der Waals surface area contributed by atoms with Gasteiger partial charge in [0.2, 0.25) is 0 Å². The summed E-state index contributed by atoms with van der Waals surface area (Å²) < 4.78 is 2.06. The number of hydrogen-bond donors (Lipinski definition) is 2. The minimum atomic E-state index is 0.0304. The first-order valence-electron chi connectivity index (χ1n) is 10.4. The average molecular weight is 425 g/mol. The SMILES string of the molecule is CCc1nncn1CCNC(=NCCc1ccccc1)NC(C)c1ccccc1Cl. The van der Waals surface area contributed by atoms with Crippen LogP contribution in [-0.4, -0.2) is 33.8 Å². The Bertz CT molecular complexity index is 938. The predicted octanol–water partition coefficient (Wildman–Crippen LogP) is 4.03.